The summed E-state index contributed by atoms with van der Waals surface area (Å²) in [7, 11) is 0. The minimum Gasteiger partial charge on any atom is -0.484 e. The third-order valence-electron chi connectivity index (χ3n) is 2.93. The summed E-state index contributed by atoms with van der Waals surface area (Å²) in [5.41, 5.74) is 2.97. The molecule has 0 bridgehead atoms. The Balaban J connectivity index is 1.96. The van der Waals surface area contributed by atoms with Gasteiger partial charge in [0.1, 0.15) is 5.75 Å². The average molecular weight is 295 g/mol. The molecule has 0 aliphatic heterocycles. The van der Waals surface area contributed by atoms with Crippen LogP contribution in [0.3, 0.4) is 0 Å². The molecule has 0 saturated heterocycles. The number of anilines is 1. The molecule has 2 aromatic rings. The third-order valence-corrected chi connectivity index (χ3v) is 2.93. The Labute approximate surface area is 121 Å². The van der Waals surface area contributed by atoms with Gasteiger partial charge >= 0.3 is 6.18 Å². The first-order chi connectivity index (χ1) is 9.94. The molecule has 2 aromatic carbocycles. The van der Waals surface area contributed by atoms with Gasteiger partial charge < -0.3 is 10.1 Å². The van der Waals surface area contributed by atoms with Crippen molar-refractivity contribution in [1.29, 1.82) is 0 Å². The van der Waals surface area contributed by atoms with Gasteiger partial charge in [-0.25, -0.2) is 0 Å². The summed E-state index contributed by atoms with van der Waals surface area (Å²) in [6.45, 7) is 1.24. The van der Waals surface area contributed by atoms with Crippen LogP contribution in [0.25, 0.3) is 0 Å². The normalized spacial score (nSPS) is 11.2. The molecule has 112 valence electrons. The van der Waals surface area contributed by atoms with Crippen LogP contribution in [0.15, 0.2) is 48.5 Å². The third kappa shape index (κ3) is 5.02. The number of ether oxygens (including phenoxy) is 1. The molecule has 0 radical (unpaired) electrons. The van der Waals surface area contributed by atoms with E-state index in [1.165, 1.54) is 6.07 Å². The monoisotopic (exact) mass is 295 g/mol. The molecule has 0 saturated carbocycles. The Bertz CT molecular complexity index is 596. The highest BCUT2D eigenvalue weighted by Crippen LogP contribution is 2.20. The van der Waals surface area contributed by atoms with Crippen LogP contribution in [0.5, 0.6) is 5.75 Å². The van der Waals surface area contributed by atoms with Gasteiger partial charge in [0, 0.05) is 12.2 Å². The zero-order chi connectivity index (χ0) is 15.3. The number of alkyl halides is 3. The molecule has 0 unspecified atom stereocenters. The van der Waals surface area contributed by atoms with Gasteiger partial charge in [-0.2, -0.15) is 13.2 Å². The molecule has 0 aliphatic carbocycles. The van der Waals surface area contributed by atoms with Crippen molar-refractivity contribution in [1.82, 2.24) is 0 Å². The highest BCUT2D eigenvalue weighted by molar-refractivity contribution is 5.50. The van der Waals surface area contributed by atoms with Crippen LogP contribution in [0.2, 0.25) is 0 Å². The SMILES string of the molecule is Cc1ccccc1NCc1cccc(OCC(F)(F)F)c1. The molecule has 5 heteroatoms. The van der Waals surface area contributed by atoms with E-state index in [1.54, 1.807) is 12.1 Å². The number of halogens is 3. The molecule has 0 amide bonds. The zero-order valence-corrected chi connectivity index (χ0v) is 11.6. The largest absolute Gasteiger partial charge is 0.484 e. The topological polar surface area (TPSA) is 21.3 Å². The summed E-state index contributed by atoms with van der Waals surface area (Å²) >= 11 is 0. The summed E-state index contributed by atoms with van der Waals surface area (Å²) in [6.07, 6.45) is -4.32. The first-order valence-corrected chi connectivity index (χ1v) is 6.52. The molecule has 21 heavy (non-hydrogen) atoms. The predicted molar refractivity (Wildman–Crippen MR) is 76.5 cm³/mol. The number of nitrogens with one attached hydrogen (secondary N) is 1. The molecule has 0 spiro atoms. The lowest BCUT2D eigenvalue weighted by atomic mass is 10.1. The lowest BCUT2D eigenvalue weighted by Crippen LogP contribution is -2.19. The van der Waals surface area contributed by atoms with Gasteiger partial charge in [-0.15, -0.1) is 0 Å². The van der Waals surface area contributed by atoms with Crippen LogP contribution in [0, 0.1) is 6.92 Å². The van der Waals surface area contributed by atoms with Crippen molar-refractivity contribution in [2.24, 2.45) is 0 Å². The van der Waals surface area contributed by atoms with Crippen LogP contribution in [0.4, 0.5) is 18.9 Å². The van der Waals surface area contributed by atoms with Crippen molar-refractivity contribution >= 4 is 5.69 Å². The van der Waals surface area contributed by atoms with E-state index in [4.69, 9.17) is 4.74 Å². The molecule has 0 fully saturated rings. The smallest absolute Gasteiger partial charge is 0.422 e. The Kier molecular flexibility index (Phi) is 4.73. The summed E-state index contributed by atoms with van der Waals surface area (Å²) in [5, 5.41) is 3.25. The second kappa shape index (κ2) is 6.52. The molecule has 0 atom stereocenters. The summed E-state index contributed by atoms with van der Waals surface area (Å²) in [6, 6.07) is 14.5. The van der Waals surface area contributed by atoms with E-state index in [2.05, 4.69) is 5.32 Å². The van der Waals surface area contributed by atoms with E-state index >= 15 is 0 Å². The van der Waals surface area contributed by atoms with Crippen LogP contribution < -0.4 is 10.1 Å². The number of para-hydroxylation sites is 1. The second-order valence-electron chi connectivity index (χ2n) is 4.72. The van der Waals surface area contributed by atoms with Gasteiger partial charge in [-0.05, 0) is 36.2 Å². The van der Waals surface area contributed by atoms with E-state index in [0.717, 1.165) is 16.8 Å². The van der Waals surface area contributed by atoms with E-state index in [9.17, 15) is 13.2 Å². The molecule has 2 nitrogen and oxygen atoms in total. The Hall–Kier alpha value is -2.17. The van der Waals surface area contributed by atoms with Gasteiger partial charge in [0.05, 0.1) is 0 Å². The van der Waals surface area contributed by atoms with Crippen LogP contribution in [-0.2, 0) is 6.54 Å². The molecule has 2 rings (SSSR count). The predicted octanol–water partition coefficient (Wildman–Crippen LogP) is 4.55. The first kappa shape index (κ1) is 15.2. The Morgan fingerprint density at radius 1 is 1.05 bits per heavy atom. The fourth-order valence-corrected chi connectivity index (χ4v) is 1.88. The van der Waals surface area contributed by atoms with Crippen molar-refractivity contribution in [3.05, 3.63) is 59.7 Å². The van der Waals surface area contributed by atoms with Crippen molar-refractivity contribution in [3.63, 3.8) is 0 Å². The van der Waals surface area contributed by atoms with Gasteiger partial charge in [-0.3, -0.25) is 0 Å². The number of benzene rings is 2. The zero-order valence-electron chi connectivity index (χ0n) is 11.6. The second-order valence-corrected chi connectivity index (χ2v) is 4.72. The van der Waals surface area contributed by atoms with Crippen molar-refractivity contribution in [3.8, 4) is 5.75 Å². The highest BCUT2D eigenvalue weighted by atomic mass is 19.4. The highest BCUT2D eigenvalue weighted by Gasteiger charge is 2.28. The number of aryl methyl sites for hydroxylation is 1. The molecule has 0 heterocycles. The molecular formula is C16H16F3NO. The van der Waals surface area contributed by atoms with E-state index in [0.29, 0.717) is 6.54 Å². The average Bonchev–Trinajstić information content (AvgIpc) is 2.44. The van der Waals surface area contributed by atoms with Crippen LogP contribution >= 0.6 is 0 Å². The fourth-order valence-electron chi connectivity index (χ4n) is 1.88. The van der Waals surface area contributed by atoms with Crippen LogP contribution in [-0.4, -0.2) is 12.8 Å². The quantitative estimate of drug-likeness (QED) is 0.874. The minimum atomic E-state index is -4.32. The molecule has 0 aliphatic rings. The maximum Gasteiger partial charge on any atom is 0.422 e. The Morgan fingerprint density at radius 2 is 1.81 bits per heavy atom. The van der Waals surface area contributed by atoms with Crippen LogP contribution in [0.1, 0.15) is 11.1 Å². The lowest BCUT2D eigenvalue weighted by Gasteiger charge is -2.12. The van der Waals surface area contributed by atoms with Gasteiger partial charge in [-0.1, -0.05) is 30.3 Å². The van der Waals surface area contributed by atoms with E-state index < -0.39 is 12.8 Å². The first-order valence-electron chi connectivity index (χ1n) is 6.52. The van der Waals surface area contributed by atoms with E-state index in [-0.39, 0.29) is 5.75 Å². The molecular weight excluding hydrogens is 279 g/mol. The molecule has 1 N–H and O–H groups in total. The number of rotatable bonds is 5. The minimum absolute atomic E-state index is 0.219. The summed E-state index contributed by atoms with van der Waals surface area (Å²) in [5.74, 6) is 0.219. The molecule has 0 aromatic heterocycles. The number of hydrogen-bond donors (Lipinski definition) is 1. The maximum atomic E-state index is 12.1. The van der Waals surface area contributed by atoms with Crippen molar-refractivity contribution in [2.75, 3.05) is 11.9 Å². The lowest BCUT2D eigenvalue weighted by molar-refractivity contribution is -0.153. The van der Waals surface area contributed by atoms with Gasteiger partial charge in [0.15, 0.2) is 6.61 Å². The van der Waals surface area contributed by atoms with Gasteiger partial charge in [0.25, 0.3) is 0 Å². The standard InChI is InChI=1S/C16H16F3NO/c1-12-5-2-3-8-15(12)20-10-13-6-4-7-14(9-13)21-11-16(17,18)19/h2-9,20H,10-11H2,1H3. The van der Waals surface area contributed by atoms with E-state index in [1.807, 2.05) is 37.3 Å². The Morgan fingerprint density at radius 3 is 2.52 bits per heavy atom. The van der Waals surface area contributed by atoms with Crippen molar-refractivity contribution < 1.29 is 17.9 Å². The van der Waals surface area contributed by atoms with Crippen molar-refractivity contribution in [2.45, 2.75) is 19.6 Å². The summed E-state index contributed by atoms with van der Waals surface area (Å²) in [4.78, 5) is 0. The summed E-state index contributed by atoms with van der Waals surface area (Å²) < 4.78 is 41.1. The van der Waals surface area contributed by atoms with Gasteiger partial charge in [0.2, 0.25) is 0 Å². The number of hydrogen-bond acceptors (Lipinski definition) is 2. The fraction of sp³-hybridized carbons (Fsp3) is 0.250. The maximum absolute atomic E-state index is 12.1.